The van der Waals surface area contributed by atoms with Crippen LogP contribution in [0.4, 0.5) is 4.79 Å². The number of nitrogens with two attached hydrogens (primary N) is 1. The predicted molar refractivity (Wildman–Crippen MR) is 126 cm³/mol. The Morgan fingerprint density at radius 1 is 0.969 bits per heavy atom. The van der Waals surface area contributed by atoms with Gasteiger partial charge in [-0.05, 0) is 23.3 Å². The average Bonchev–Trinajstić information content (AvgIpc) is 3.26. The molecule has 1 heterocycles. The van der Waals surface area contributed by atoms with Gasteiger partial charge in [0.1, 0.15) is 17.2 Å². The third-order valence-electron chi connectivity index (χ3n) is 5.34. The van der Waals surface area contributed by atoms with Crippen molar-refractivity contribution in [2.75, 3.05) is 5.75 Å². The highest BCUT2D eigenvalue weighted by Gasteiger charge is 2.45. The van der Waals surface area contributed by atoms with Crippen molar-refractivity contribution in [3.05, 3.63) is 102 Å². The first kappa shape index (κ1) is 21.9. The molecule has 0 bridgehead atoms. The Labute approximate surface area is 191 Å². The van der Waals surface area contributed by atoms with Crippen LogP contribution in [-0.4, -0.2) is 34.7 Å². The van der Waals surface area contributed by atoms with Gasteiger partial charge in [-0.3, -0.25) is 9.69 Å². The molecule has 0 spiro atoms. The van der Waals surface area contributed by atoms with Crippen LogP contribution in [0.3, 0.4) is 0 Å². The van der Waals surface area contributed by atoms with Crippen molar-refractivity contribution < 1.29 is 14.3 Å². The number of nitrogens with one attached hydrogen (secondary N) is 1. The molecule has 6 nitrogen and oxygen atoms in total. The highest BCUT2D eigenvalue weighted by molar-refractivity contribution is 7.99. The summed E-state index contributed by atoms with van der Waals surface area (Å²) in [7, 11) is 0. The average molecular weight is 448 g/mol. The predicted octanol–water partition coefficient (Wildman–Crippen LogP) is 3.95. The van der Waals surface area contributed by atoms with E-state index in [1.165, 1.54) is 0 Å². The number of primary amides is 1. The molecule has 32 heavy (non-hydrogen) atoms. The number of carbonyl (C=O) groups is 2. The molecule has 7 heteroatoms. The third-order valence-corrected chi connectivity index (χ3v) is 6.69. The highest BCUT2D eigenvalue weighted by atomic mass is 32.2. The summed E-state index contributed by atoms with van der Waals surface area (Å²) < 4.78 is 5.67. The number of carbonyl (C=O) groups excluding carboxylic acids is 2. The van der Waals surface area contributed by atoms with E-state index < -0.39 is 24.1 Å². The van der Waals surface area contributed by atoms with E-state index in [0.29, 0.717) is 18.0 Å². The van der Waals surface area contributed by atoms with E-state index in [1.807, 2.05) is 66.7 Å². The second kappa shape index (κ2) is 10.3. The first-order valence-corrected chi connectivity index (χ1v) is 11.5. The molecule has 0 aromatic heterocycles. The Kier molecular flexibility index (Phi) is 7.09. The van der Waals surface area contributed by atoms with Gasteiger partial charge in [-0.1, -0.05) is 78.9 Å². The molecular formula is C25H25N3O3S. The van der Waals surface area contributed by atoms with Crippen LogP contribution in [0.5, 0.6) is 5.75 Å². The quantitative estimate of drug-likeness (QED) is 0.573. The van der Waals surface area contributed by atoms with Crippen molar-refractivity contribution >= 4 is 23.8 Å². The molecule has 1 aliphatic heterocycles. The van der Waals surface area contributed by atoms with E-state index in [4.69, 9.17) is 10.5 Å². The van der Waals surface area contributed by atoms with E-state index in [0.717, 1.165) is 11.1 Å². The largest absolute Gasteiger partial charge is 0.416 e. The first-order chi connectivity index (χ1) is 15.6. The summed E-state index contributed by atoms with van der Waals surface area (Å²) in [6.45, 7) is 0.465. The molecular weight excluding hydrogens is 422 g/mol. The standard InChI is InChI=1S/C25H25N3O3S/c26-23(29)22(27-16-18-10-4-1-5-11-18)21-17-32-24(19-12-6-2-7-13-19)28(21)25(30)31-20-14-8-3-9-15-20/h1-15,21-22,24,27H,16-17H2,(H2,26,29)/t21-,22?,24+/m0/s1. The molecule has 3 aromatic rings. The van der Waals surface area contributed by atoms with Crippen LogP contribution in [0.25, 0.3) is 0 Å². The summed E-state index contributed by atoms with van der Waals surface area (Å²) in [5.41, 5.74) is 7.79. The van der Waals surface area contributed by atoms with Gasteiger partial charge in [0, 0.05) is 12.3 Å². The minimum atomic E-state index is -0.722. The summed E-state index contributed by atoms with van der Waals surface area (Å²) in [5, 5.41) is 2.98. The van der Waals surface area contributed by atoms with Crippen LogP contribution in [0, 0.1) is 0 Å². The maximum atomic E-state index is 13.3. The fraction of sp³-hybridized carbons (Fsp3) is 0.200. The lowest BCUT2D eigenvalue weighted by molar-refractivity contribution is -0.121. The molecule has 0 radical (unpaired) electrons. The topological polar surface area (TPSA) is 84.7 Å². The highest BCUT2D eigenvalue weighted by Crippen LogP contribution is 2.42. The molecule has 0 saturated carbocycles. The van der Waals surface area contributed by atoms with E-state index in [2.05, 4.69) is 5.32 Å². The number of nitrogens with zero attached hydrogens (tertiary/aromatic N) is 1. The van der Waals surface area contributed by atoms with E-state index in [-0.39, 0.29) is 5.37 Å². The Bertz CT molecular complexity index is 1030. The number of benzene rings is 3. The van der Waals surface area contributed by atoms with Gasteiger partial charge in [0.05, 0.1) is 6.04 Å². The number of ether oxygens (including phenoxy) is 1. The smallest absolute Gasteiger partial charge is 0.410 e. The van der Waals surface area contributed by atoms with Gasteiger partial charge >= 0.3 is 6.09 Å². The van der Waals surface area contributed by atoms with Gasteiger partial charge in [0.2, 0.25) is 5.91 Å². The Balaban J connectivity index is 1.60. The number of hydrogen-bond donors (Lipinski definition) is 2. The monoisotopic (exact) mass is 447 g/mol. The Morgan fingerprint density at radius 3 is 2.19 bits per heavy atom. The van der Waals surface area contributed by atoms with Gasteiger partial charge in [-0.2, -0.15) is 0 Å². The zero-order chi connectivity index (χ0) is 22.3. The number of rotatable bonds is 7. The lowest BCUT2D eigenvalue weighted by Crippen LogP contribution is -2.57. The zero-order valence-corrected chi connectivity index (χ0v) is 18.3. The molecule has 1 saturated heterocycles. The summed E-state index contributed by atoms with van der Waals surface area (Å²) in [4.78, 5) is 27.4. The normalized spacial score (nSPS) is 18.8. The summed E-state index contributed by atoms with van der Waals surface area (Å²) in [6, 6.07) is 27.3. The van der Waals surface area contributed by atoms with Crippen LogP contribution in [0.2, 0.25) is 0 Å². The van der Waals surface area contributed by atoms with Crippen LogP contribution in [0.1, 0.15) is 16.5 Å². The Hall–Kier alpha value is -3.29. The number of amides is 2. The fourth-order valence-electron chi connectivity index (χ4n) is 3.78. The minimum absolute atomic E-state index is 0.280. The minimum Gasteiger partial charge on any atom is -0.410 e. The molecule has 3 aromatic carbocycles. The van der Waals surface area contributed by atoms with Crippen LogP contribution >= 0.6 is 11.8 Å². The molecule has 1 fully saturated rings. The molecule has 3 N–H and O–H groups in total. The first-order valence-electron chi connectivity index (χ1n) is 10.4. The second-order valence-electron chi connectivity index (χ2n) is 7.50. The molecule has 4 rings (SSSR count). The van der Waals surface area contributed by atoms with Crippen molar-refractivity contribution in [3.8, 4) is 5.75 Å². The number of para-hydroxylation sites is 1. The van der Waals surface area contributed by atoms with Crippen LogP contribution in [0.15, 0.2) is 91.0 Å². The molecule has 0 aliphatic carbocycles. The number of hydrogen-bond acceptors (Lipinski definition) is 5. The van der Waals surface area contributed by atoms with Gasteiger partial charge < -0.3 is 15.8 Å². The summed E-state index contributed by atoms with van der Waals surface area (Å²) >= 11 is 1.60. The summed E-state index contributed by atoms with van der Waals surface area (Å²) in [5.74, 6) is 0.504. The van der Waals surface area contributed by atoms with Crippen LogP contribution < -0.4 is 15.8 Å². The van der Waals surface area contributed by atoms with E-state index >= 15 is 0 Å². The van der Waals surface area contributed by atoms with Crippen molar-refractivity contribution in [1.82, 2.24) is 10.2 Å². The van der Waals surface area contributed by atoms with Crippen molar-refractivity contribution in [3.63, 3.8) is 0 Å². The fourth-order valence-corrected chi connectivity index (χ4v) is 5.26. The lowest BCUT2D eigenvalue weighted by Gasteiger charge is -2.32. The number of thioether (sulfide) groups is 1. The second-order valence-corrected chi connectivity index (χ2v) is 8.61. The molecule has 164 valence electrons. The third kappa shape index (κ3) is 5.12. The molecule has 3 atom stereocenters. The van der Waals surface area contributed by atoms with Crippen LogP contribution in [-0.2, 0) is 11.3 Å². The van der Waals surface area contributed by atoms with Crippen molar-refractivity contribution in [1.29, 1.82) is 0 Å². The Morgan fingerprint density at radius 2 is 1.56 bits per heavy atom. The van der Waals surface area contributed by atoms with E-state index in [1.54, 1.807) is 40.9 Å². The van der Waals surface area contributed by atoms with Crippen molar-refractivity contribution in [2.24, 2.45) is 5.73 Å². The van der Waals surface area contributed by atoms with Gasteiger partial charge in [0.15, 0.2) is 0 Å². The van der Waals surface area contributed by atoms with Crippen molar-refractivity contribution in [2.45, 2.75) is 24.0 Å². The molecule has 1 aliphatic rings. The lowest BCUT2D eigenvalue weighted by atomic mass is 10.1. The maximum Gasteiger partial charge on any atom is 0.416 e. The molecule has 1 unspecified atom stereocenters. The molecule has 2 amide bonds. The maximum absolute atomic E-state index is 13.3. The van der Waals surface area contributed by atoms with Gasteiger partial charge in [-0.15, -0.1) is 11.8 Å². The summed E-state index contributed by atoms with van der Waals surface area (Å²) in [6.07, 6.45) is -0.507. The van der Waals surface area contributed by atoms with E-state index in [9.17, 15) is 9.59 Å². The van der Waals surface area contributed by atoms with Gasteiger partial charge in [-0.25, -0.2) is 4.79 Å². The SMILES string of the molecule is NC(=O)C(NCc1ccccc1)[C@@H]1CS[C@H](c2ccccc2)N1C(=O)Oc1ccccc1. The zero-order valence-electron chi connectivity index (χ0n) is 17.5. The van der Waals surface area contributed by atoms with Gasteiger partial charge in [0.25, 0.3) is 0 Å².